The number of rotatable bonds is 9. The van der Waals surface area contributed by atoms with Crippen molar-refractivity contribution < 1.29 is 9.21 Å². The molecule has 1 aromatic carbocycles. The third-order valence-electron chi connectivity index (χ3n) is 6.41. The zero-order chi connectivity index (χ0) is 23.2. The maximum Gasteiger partial charge on any atom is 0.237 e. The molecule has 0 atom stereocenters. The topological polar surface area (TPSA) is 67.4 Å². The van der Waals surface area contributed by atoms with Crippen LogP contribution in [0.1, 0.15) is 50.1 Å². The average Bonchev–Trinajstić information content (AvgIpc) is 3.65. The van der Waals surface area contributed by atoms with Crippen LogP contribution in [0.4, 0.5) is 0 Å². The lowest BCUT2D eigenvalue weighted by molar-refractivity contribution is -0.127. The zero-order valence-electron chi connectivity index (χ0n) is 19.4. The highest BCUT2D eigenvalue weighted by Crippen LogP contribution is 2.27. The number of para-hydroxylation sites is 1. The van der Waals surface area contributed by atoms with Gasteiger partial charge in [-0.3, -0.25) is 14.3 Å². The molecular weight excluding hydrogens is 446 g/mol. The smallest absolute Gasteiger partial charge is 0.237 e. The van der Waals surface area contributed by atoms with Crippen LogP contribution in [0, 0.1) is 0 Å². The van der Waals surface area contributed by atoms with Gasteiger partial charge in [0.15, 0.2) is 11.0 Å². The van der Waals surface area contributed by atoms with E-state index in [2.05, 4.69) is 37.9 Å². The molecule has 2 aromatic heterocycles. The molecule has 34 heavy (non-hydrogen) atoms. The SMILES string of the molecule is O=C(CSc1nnc(CN2CCCC2)n1-c1ccccc1)N(Cc1ccco1)C1=CCCCC1. The fourth-order valence-corrected chi connectivity index (χ4v) is 5.50. The second kappa shape index (κ2) is 11.1. The summed E-state index contributed by atoms with van der Waals surface area (Å²) >= 11 is 1.46. The van der Waals surface area contributed by atoms with Crippen LogP contribution in [-0.4, -0.2) is 49.3 Å². The first kappa shape index (κ1) is 22.9. The second-order valence-corrected chi connectivity index (χ2v) is 9.78. The fraction of sp³-hybridized carbons (Fsp3) is 0.423. The monoisotopic (exact) mass is 477 g/mol. The van der Waals surface area contributed by atoms with Gasteiger partial charge in [0, 0.05) is 11.4 Å². The van der Waals surface area contributed by atoms with Gasteiger partial charge in [-0.1, -0.05) is 36.0 Å². The van der Waals surface area contributed by atoms with Gasteiger partial charge in [0.1, 0.15) is 5.76 Å². The van der Waals surface area contributed by atoms with E-state index < -0.39 is 0 Å². The molecule has 1 fully saturated rings. The molecule has 0 bridgehead atoms. The Labute approximate surface area is 204 Å². The van der Waals surface area contributed by atoms with Gasteiger partial charge in [0.25, 0.3) is 0 Å². The van der Waals surface area contributed by atoms with Crippen LogP contribution in [-0.2, 0) is 17.9 Å². The maximum absolute atomic E-state index is 13.4. The fourth-order valence-electron chi connectivity index (χ4n) is 4.65. The lowest BCUT2D eigenvalue weighted by Crippen LogP contribution is -2.32. The van der Waals surface area contributed by atoms with Gasteiger partial charge in [-0.05, 0) is 75.9 Å². The van der Waals surface area contributed by atoms with E-state index in [9.17, 15) is 4.79 Å². The van der Waals surface area contributed by atoms with E-state index in [4.69, 9.17) is 4.42 Å². The molecule has 7 nitrogen and oxygen atoms in total. The Morgan fingerprint density at radius 2 is 1.88 bits per heavy atom. The first-order valence-corrected chi connectivity index (χ1v) is 13.1. The van der Waals surface area contributed by atoms with Gasteiger partial charge in [-0.15, -0.1) is 10.2 Å². The van der Waals surface area contributed by atoms with Gasteiger partial charge in [-0.25, -0.2) is 0 Å². The summed E-state index contributed by atoms with van der Waals surface area (Å²) in [7, 11) is 0. The van der Waals surface area contributed by atoms with Crippen molar-refractivity contribution in [1.29, 1.82) is 0 Å². The highest BCUT2D eigenvalue weighted by atomic mass is 32.2. The van der Waals surface area contributed by atoms with E-state index in [1.807, 2.05) is 35.2 Å². The second-order valence-electron chi connectivity index (χ2n) is 8.84. The molecular formula is C26H31N5O2S. The van der Waals surface area contributed by atoms with Crippen LogP contribution >= 0.6 is 11.8 Å². The molecule has 1 aliphatic carbocycles. The van der Waals surface area contributed by atoms with E-state index in [1.54, 1.807) is 6.26 Å². The predicted octanol–water partition coefficient (Wildman–Crippen LogP) is 5.03. The van der Waals surface area contributed by atoms with Crippen molar-refractivity contribution in [2.24, 2.45) is 0 Å². The number of nitrogens with zero attached hydrogens (tertiary/aromatic N) is 5. The Morgan fingerprint density at radius 1 is 1.03 bits per heavy atom. The molecule has 0 spiro atoms. The number of carbonyl (C=O) groups excluding carboxylic acids is 1. The Morgan fingerprint density at radius 3 is 2.62 bits per heavy atom. The minimum Gasteiger partial charge on any atom is -0.467 e. The van der Waals surface area contributed by atoms with E-state index in [-0.39, 0.29) is 5.91 Å². The molecule has 0 radical (unpaired) electrons. The summed E-state index contributed by atoms with van der Waals surface area (Å²) in [6, 6.07) is 14.0. The number of likely N-dealkylation sites (tertiary alicyclic amines) is 1. The van der Waals surface area contributed by atoms with Gasteiger partial charge in [0.2, 0.25) is 5.91 Å². The number of allylic oxidation sites excluding steroid dienone is 2. The quantitative estimate of drug-likeness (QED) is 0.403. The normalized spacial score (nSPS) is 16.5. The van der Waals surface area contributed by atoms with Crippen molar-refractivity contribution >= 4 is 17.7 Å². The molecule has 5 rings (SSSR count). The van der Waals surface area contributed by atoms with Gasteiger partial charge in [-0.2, -0.15) is 0 Å². The first-order chi connectivity index (χ1) is 16.8. The average molecular weight is 478 g/mol. The highest BCUT2D eigenvalue weighted by molar-refractivity contribution is 7.99. The summed E-state index contributed by atoms with van der Waals surface area (Å²) in [5.74, 6) is 2.08. The zero-order valence-corrected chi connectivity index (χ0v) is 20.3. The summed E-state index contributed by atoms with van der Waals surface area (Å²) in [6.45, 7) is 3.43. The number of carbonyl (C=O) groups is 1. The van der Waals surface area contributed by atoms with Gasteiger partial charge in [0.05, 0.1) is 25.1 Å². The highest BCUT2D eigenvalue weighted by Gasteiger charge is 2.24. The molecule has 0 N–H and O–H groups in total. The predicted molar refractivity (Wildman–Crippen MR) is 132 cm³/mol. The Balaban J connectivity index is 1.35. The number of aromatic nitrogens is 3. The number of hydrogen-bond donors (Lipinski definition) is 0. The van der Waals surface area contributed by atoms with Crippen LogP contribution < -0.4 is 0 Å². The van der Waals surface area contributed by atoms with Crippen LogP contribution in [0.5, 0.6) is 0 Å². The molecule has 1 saturated heterocycles. The summed E-state index contributed by atoms with van der Waals surface area (Å²) in [5.41, 5.74) is 2.13. The van der Waals surface area contributed by atoms with E-state index in [0.717, 1.165) is 67.0 Å². The third kappa shape index (κ3) is 5.45. The number of thioether (sulfide) groups is 1. The third-order valence-corrected chi connectivity index (χ3v) is 7.33. The van der Waals surface area contributed by atoms with Crippen molar-refractivity contribution in [3.05, 3.63) is 72.1 Å². The van der Waals surface area contributed by atoms with Crippen LogP contribution in [0.15, 0.2) is 70.1 Å². The van der Waals surface area contributed by atoms with E-state index >= 15 is 0 Å². The summed E-state index contributed by atoms with van der Waals surface area (Å²) < 4.78 is 7.66. The lowest BCUT2D eigenvalue weighted by atomic mass is 10.0. The molecule has 178 valence electrons. The van der Waals surface area contributed by atoms with Crippen molar-refractivity contribution in [3.8, 4) is 5.69 Å². The summed E-state index contributed by atoms with van der Waals surface area (Å²) in [4.78, 5) is 17.7. The molecule has 0 unspecified atom stereocenters. The summed E-state index contributed by atoms with van der Waals surface area (Å²) in [5, 5.41) is 9.78. The van der Waals surface area contributed by atoms with E-state index in [0.29, 0.717) is 12.3 Å². The Hall–Kier alpha value is -2.84. The van der Waals surface area contributed by atoms with Crippen LogP contribution in [0.2, 0.25) is 0 Å². The standard InChI is InChI=1S/C26H31N5O2S/c32-25(30(18-23-14-9-17-33-23)21-10-3-1-4-11-21)20-34-26-28-27-24(19-29-15-7-8-16-29)31(26)22-12-5-2-6-13-22/h2,5-6,9-10,12-14,17H,1,3-4,7-8,11,15-16,18-20H2. The van der Waals surface area contributed by atoms with Gasteiger partial charge >= 0.3 is 0 Å². The van der Waals surface area contributed by atoms with Crippen molar-refractivity contribution in [1.82, 2.24) is 24.6 Å². The number of benzene rings is 1. The van der Waals surface area contributed by atoms with Crippen LogP contribution in [0.3, 0.4) is 0 Å². The van der Waals surface area contributed by atoms with E-state index in [1.165, 1.54) is 31.0 Å². The molecule has 1 amide bonds. The number of furan rings is 1. The molecule has 1 aliphatic heterocycles. The molecule has 3 heterocycles. The molecule has 3 aromatic rings. The largest absolute Gasteiger partial charge is 0.467 e. The number of hydrogen-bond acceptors (Lipinski definition) is 6. The summed E-state index contributed by atoms with van der Waals surface area (Å²) in [6.07, 6.45) is 10.6. The van der Waals surface area contributed by atoms with Crippen molar-refractivity contribution in [2.75, 3.05) is 18.8 Å². The number of amides is 1. The maximum atomic E-state index is 13.4. The minimum absolute atomic E-state index is 0.0678. The first-order valence-electron chi connectivity index (χ1n) is 12.1. The molecule has 2 aliphatic rings. The Bertz CT molecular complexity index is 1100. The molecule has 8 heteroatoms. The van der Waals surface area contributed by atoms with Gasteiger partial charge < -0.3 is 9.32 Å². The van der Waals surface area contributed by atoms with Crippen molar-refractivity contribution in [3.63, 3.8) is 0 Å². The van der Waals surface area contributed by atoms with Crippen LogP contribution in [0.25, 0.3) is 5.69 Å². The Kier molecular flexibility index (Phi) is 7.46. The lowest BCUT2D eigenvalue weighted by Gasteiger charge is -2.27. The van der Waals surface area contributed by atoms with Crippen molar-refractivity contribution in [2.45, 2.75) is 56.8 Å². The minimum atomic E-state index is 0.0678. The molecule has 0 saturated carbocycles.